The molecule has 0 spiro atoms. The summed E-state index contributed by atoms with van der Waals surface area (Å²) in [5.74, 6) is 0.428. The first-order valence-electron chi connectivity index (χ1n) is 7.38. The van der Waals surface area contributed by atoms with Crippen LogP contribution in [-0.4, -0.2) is 18.2 Å². The van der Waals surface area contributed by atoms with Crippen molar-refractivity contribution in [2.45, 2.75) is 45.4 Å². The van der Waals surface area contributed by atoms with E-state index in [0.29, 0.717) is 10.8 Å². The molecule has 1 aromatic rings. The second-order valence-electron chi connectivity index (χ2n) is 5.33. The normalized spacial score (nSPS) is 15.2. The van der Waals surface area contributed by atoms with E-state index in [1.54, 1.807) is 18.2 Å². The fraction of sp³-hybridized carbons (Fsp3) is 0.500. The van der Waals surface area contributed by atoms with E-state index in [4.69, 9.17) is 16.3 Å². The zero-order valence-electron chi connectivity index (χ0n) is 12.3. The highest BCUT2D eigenvalue weighted by Crippen LogP contribution is 2.21. The molecule has 1 saturated carbocycles. The van der Waals surface area contributed by atoms with E-state index < -0.39 is 0 Å². The Morgan fingerprint density at radius 2 is 2.00 bits per heavy atom. The fourth-order valence-electron chi connectivity index (χ4n) is 2.34. The molecule has 0 bridgehead atoms. The van der Waals surface area contributed by atoms with Crippen LogP contribution in [0.25, 0.3) is 0 Å². The number of hydrogen-bond donors (Lipinski definition) is 1. The predicted octanol–water partition coefficient (Wildman–Crippen LogP) is 3.85. The van der Waals surface area contributed by atoms with Gasteiger partial charge in [-0.1, -0.05) is 24.4 Å². The molecule has 0 unspecified atom stereocenters. The van der Waals surface area contributed by atoms with Crippen LogP contribution in [0.4, 0.5) is 0 Å². The second-order valence-corrected chi connectivity index (χ2v) is 5.76. The number of ether oxygens (including phenoxy) is 1. The molecule has 1 aliphatic rings. The maximum Gasteiger partial charge on any atom is 0.277 e. The fourth-order valence-corrected chi connectivity index (χ4v) is 2.57. The number of nitrogens with one attached hydrogen (secondary N) is 1. The molecule has 21 heavy (non-hydrogen) atoms. The lowest BCUT2D eigenvalue weighted by Gasteiger charge is -2.09. The van der Waals surface area contributed by atoms with Gasteiger partial charge in [0.2, 0.25) is 0 Å². The first-order valence-corrected chi connectivity index (χ1v) is 7.76. The summed E-state index contributed by atoms with van der Waals surface area (Å²) in [6.45, 7) is 1.85. The Morgan fingerprint density at radius 3 is 2.67 bits per heavy atom. The van der Waals surface area contributed by atoms with Crippen LogP contribution in [0.3, 0.4) is 0 Å². The molecule has 0 radical (unpaired) electrons. The van der Waals surface area contributed by atoms with E-state index in [9.17, 15) is 4.79 Å². The van der Waals surface area contributed by atoms with Gasteiger partial charge in [0, 0.05) is 10.7 Å². The van der Waals surface area contributed by atoms with Gasteiger partial charge in [0.25, 0.3) is 5.91 Å². The maximum absolute atomic E-state index is 11.8. The molecule has 1 fully saturated rings. The van der Waals surface area contributed by atoms with Gasteiger partial charge in [-0.25, -0.2) is 5.43 Å². The summed E-state index contributed by atoms with van der Waals surface area (Å²) in [5.41, 5.74) is 4.57. The monoisotopic (exact) mass is 308 g/mol. The minimum atomic E-state index is -0.235. The van der Waals surface area contributed by atoms with Crippen LogP contribution in [0.15, 0.2) is 23.3 Å². The smallest absolute Gasteiger partial charge is 0.277 e. The Bertz CT molecular complexity index is 519. The number of aryl methyl sites for hydroxylation is 1. The van der Waals surface area contributed by atoms with Gasteiger partial charge in [0.1, 0.15) is 5.75 Å². The Balaban J connectivity index is 1.80. The lowest BCUT2D eigenvalue weighted by molar-refractivity contribution is -0.123. The van der Waals surface area contributed by atoms with Gasteiger partial charge in [-0.05, 0) is 56.4 Å². The molecule has 114 valence electrons. The van der Waals surface area contributed by atoms with Gasteiger partial charge < -0.3 is 4.74 Å². The lowest BCUT2D eigenvalue weighted by atomic mass is 10.2. The summed E-state index contributed by atoms with van der Waals surface area (Å²) < 4.78 is 5.48. The lowest BCUT2D eigenvalue weighted by Crippen LogP contribution is -2.26. The van der Waals surface area contributed by atoms with Crippen molar-refractivity contribution in [1.82, 2.24) is 5.43 Å². The number of carbonyl (C=O) groups excluding carboxylic acids is 1. The van der Waals surface area contributed by atoms with Crippen molar-refractivity contribution in [3.05, 3.63) is 28.8 Å². The van der Waals surface area contributed by atoms with E-state index in [0.717, 1.165) is 37.0 Å². The maximum atomic E-state index is 11.8. The van der Waals surface area contributed by atoms with E-state index in [1.165, 1.54) is 12.8 Å². The minimum Gasteiger partial charge on any atom is -0.483 e. The summed E-state index contributed by atoms with van der Waals surface area (Å²) in [6.07, 6.45) is 6.80. The van der Waals surface area contributed by atoms with Gasteiger partial charge >= 0.3 is 0 Å². The molecule has 0 atom stereocenters. The van der Waals surface area contributed by atoms with Crippen LogP contribution >= 0.6 is 11.6 Å². The molecule has 0 saturated heterocycles. The van der Waals surface area contributed by atoms with Gasteiger partial charge in [0.15, 0.2) is 6.61 Å². The molecule has 1 aromatic carbocycles. The molecule has 0 heterocycles. The Labute approximate surface area is 130 Å². The summed E-state index contributed by atoms with van der Waals surface area (Å²) in [7, 11) is 0. The molecule has 1 N–H and O–H groups in total. The average molecular weight is 309 g/mol. The van der Waals surface area contributed by atoms with Crippen molar-refractivity contribution in [3.8, 4) is 5.75 Å². The van der Waals surface area contributed by atoms with E-state index in [-0.39, 0.29) is 12.5 Å². The number of halogens is 1. The molecule has 1 aliphatic carbocycles. The number of benzene rings is 1. The third-order valence-electron chi connectivity index (χ3n) is 3.52. The van der Waals surface area contributed by atoms with E-state index in [1.807, 2.05) is 6.92 Å². The molecule has 0 aromatic heterocycles. The van der Waals surface area contributed by atoms with Crippen molar-refractivity contribution < 1.29 is 9.53 Å². The molecule has 0 aliphatic heterocycles. The number of carbonyl (C=O) groups is 1. The zero-order chi connectivity index (χ0) is 15.1. The third kappa shape index (κ3) is 5.38. The summed E-state index contributed by atoms with van der Waals surface area (Å²) in [6, 6.07) is 5.32. The van der Waals surface area contributed by atoms with Gasteiger partial charge in [0.05, 0.1) is 0 Å². The first kappa shape index (κ1) is 15.8. The van der Waals surface area contributed by atoms with Crippen molar-refractivity contribution in [2.24, 2.45) is 5.10 Å². The zero-order valence-corrected chi connectivity index (χ0v) is 13.1. The highest BCUT2D eigenvalue weighted by molar-refractivity contribution is 6.30. The highest BCUT2D eigenvalue weighted by Gasteiger charge is 2.08. The quantitative estimate of drug-likeness (QED) is 0.678. The molecular weight excluding hydrogens is 288 g/mol. The Morgan fingerprint density at radius 1 is 1.29 bits per heavy atom. The number of rotatable bonds is 4. The van der Waals surface area contributed by atoms with Crippen LogP contribution in [0, 0.1) is 6.92 Å². The molecule has 5 heteroatoms. The molecular formula is C16H21ClN2O2. The topological polar surface area (TPSA) is 50.7 Å². The van der Waals surface area contributed by atoms with Crippen molar-refractivity contribution in [3.63, 3.8) is 0 Å². The molecule has 4 nitrogen and oxygen atoms in total. The number of amides is 1. The van der Waals surface area contributed by atoms with Crippen molar-refractivity contribution in [1.29, 1.82) is 0 Å². The second kappa shape index (κ2) is 8.03. The summed E-state index contributed by atoms with van der Waals surface area (Å²) >= 11 is 5.88. The average Bonchev–Trinajstić information content (AvgIpc) is 2.73. The largest absolute Gasteiger partial charge is 0.483 e. The Kier molecular flexibility index (Phi) is 6.05. The van der Waals surface area contributed by atoms with Crippen LogP contribution in [0.5, 0.6) is 5.75 Å². The minimum absolute atomic E-state index is 0.0424. The summed E-state index contributed by atoms with van der Waals surface area (Å²) in [5, 5.41) is 4.86. The molecule has 1 amide bonds. The van der Waals surface area contributed by atoms with Gasteiger partial charge in [-0.15, -0.1) is 0 Å². The van der Waals surface area contributed by atoms with Crippen LogP contribution in [-0.2, 0) is 4.79 Å². The van der Waals surface area contributed by atoms with Crippen LogP contribution < -0.4 is 10.2 Å². The standard InChI is InChI=1S/C16H21ClN2O2/c1-12-10-13(17)8-9-15(12)21-11-16(20)19-18-14-6-4-2-3-5-7-14/h8-10H,2-7,11H2,1H3,(H,19,20). The number of nitrogens with zero attached hydrogens (tertiary/aromatic N) is 1. The van der Waals surface area contributed by atoms with E-state index in [2.05, 4.69) is 10.5 Å². The summed E-state index contributed by atoms with van der Waals surface area (Å²) in [4.78, 5) is 11.8. The van der Waals surface area contributed by atoms with Crippen molar-refractivity contribution in [2.75, 3.05) is 6.61 Å². The van der Waals surface area contributed by atoms with Gasteiger partial charge in [-0.3, -0.25) is 4.79 Å². The first-order chi connectivity index (χ1) is 10.1. The Hall–Kier alpha value is -1.55. The molecule has 2 rings (SSSR count). The number of hydrogen-bond acceptors (Lipinski definition) is 3. The SMILES string of the molecule is Cc1cc(Cl)ccc1OCC(=O)NN=C1CCCCCC1. The van der Waals surface area contributed by atoms with Crippen molar-refractivity contribution >= 4 is 23.2 Å². The highest BCUT2D eigenvalue weighted by atomic mass is 35.5. The predicted molar refractivity (Wildman–Crippen MR) is 85.0 cm³/mol. The van der Waals surface area contributed by atoms with Crippen LogP contribution in [0.2, 0.25) is 5.02 Å². The number of hydrazone groups is 1. The van der Waals surface area contributed by atoms with Crippen LogP contribution in [0.1, 0.15) is 44.1 Å². The third-order valence-corrected chi connectivity index (χ3v) is 3.75. The van der Waals surface area contributed by atoms with Gasteiger partial charge in [-0.2, -0.15) is 5.10 Å². The van der Waals surface area contributed by atoms with E-state index >= 15 is 0 Å².